The minimum absolute atomic E-state index is 0.512. The molecule has 0 aromatic rings. The average Bonchev–Trinajstić information content (AvgIpc) is 2.42. The van der Waals surface area contributed by atoms with E-state index in [-0.39, 0.29) is 0 Å². The van der Waals surface area contributed by atoms with Crippen molar-refractivity contribution < 1.29 is 0 Å². The number of rotatable bonds is 9. The molecular weight excluding hydrogens is 256 g/mol. The molecule has 0 aliphatic heterocycles. The minimum atomic E-state index is 0.512. The predicted molar refractivity (Wildman–Crippen MR) is 94.8 cm³/mol. The Balaban J connectivity index is 2.59. The normalized spacial score (nSPS) is 28.3. The van der Waals surface area contributed by atoms with E-state index in [0.717, 1.165) is 24.4 Å². The fourth-order valence-electron chi connectivity index (χ4n) is 3.71. The largest absolute Gasteiger partial charge is 0.316 e. The zero-order valence-electron chi connectivity index (χ0n) is 15.5. The fourth-order valence-corrected chi connectivity index (χ4v) is 3.71. The molecule has 2 heteroatoms. The van der Waals surface area contributed by atoms with Gasteiger partial charge in [-0.05, 0) is 57.0 Å². The number of nitrogens with zero attached hydrogens (tertiary/aromatic N) is 1. The van der Waals surface area contributed by atoms with E-state index < -0.39 is 0 Å². The van der Waals surface area contributed by atoms with Crippen molar-refractivity contribution in [1.82, 2.24) is 10.2 Å². The van der Waals surface area contributed by atoms with Crippen molar-refractivity contribution in [3.8, 4) is 0 Å². The maximum absolute atomic E-state index is 3.76. The van der Waals surface area contributed by atoms with Gasteiger partial charge in [0.2, 0.25) is 0 Å². The molecule has 1 atom stereocenters. The standard InChI is InChI=1S/C19H40N2/c1-7-8-18(5)21(6)15-19(14-20-13-16(2)3)11-9-17(4)10-12-19/h16-18,20H,7-15H2,1-6H3. The zero-order valence-corrected chi connectivity index (χ0v) is 15.5. The van der Waals surface area contributed by atoms with Gasteiger partial charge in [0.05, 0.1) is 0 Å². The highest BCUT2D eigenvalue weighted by atomic mass is 15.1. The monoisotopic (exact) mass is 296 g/mol. The summed E-state index contributed by atoms with van der Waals surface area (Å²) in [4.78, 5) is 2.62. The zero-order chi connectivity index (χ0) is 15.9. The van der Waals surface area contributed by atoms with Gasteiger partial charge in [0.1, 0.15) is 0 Å². The Morgan fingerprint density at radius 1 is 1.19 bits per heavy atom. The Labute approximate surface area is 134 Å². The topological polar surface area (TPSA) is 15.3 Å². The lowest BCUT2D eigenvalue weighted by atomic mass is 9.70. The quantitative estimate of drug-likeness (QED) is 0.671. The van der Waals surface area contributed by atoms with Crippen molar-refractivity contribution in [2.75, 3.05) is 26.7 Å². The summed E-state index contributed by atoms with van der Waals surface area (Å²) in [5.74, 6) is 1.68. The van der Waals surface area contributed by atoms with Gasteiger partial charge in [-0.2, -0.15) is 0 Å². The fraction of sp³-hybridized carbons (Fsp3) is 1.00. The van der Waals surface area contributed by atoms with Crippen LogP contribution in [-0.2, 0) is 0 Å². The summed E-state index contributed by atoms with van der Waals surface area (Å²) in [6.07, 6.45) is 8.26. The molecule has 1 rings (SSSR count). The molecule has 0 aromatic carbocycles. The van der Waals surface area contributed by atoms with E-state index in [1.807, 2.05) is 0 Å². The molecule has 2 nitrogen and oxygen atoms in total. The van der Waals surface area contributed by atoms with Gasteiger partial charge in [0.15, 0.2) is 0 Å². The molecule has 126 valence electrons. The van der Waals surface area contributed by atoms with E-state index in [1.54, 1.807) is 0 Å². The van der Waals surface area contributed by atoms with Crippen LogP contribution in [0.25, 0.3) is 0 Å². The summed E-state index contributed by atoms with van der Waals surface area (Å²) in [5, 5.41) is 3.76. The van der Waals surface area contributed by atoms with Crippen LogP contribution in [-0.4, -0.2) is 37.6 Å². The molecule has 1 unspecified atom stereocenters. The Morgan fingerprint density at radius 3 is 2.33 bits per heavy atom. The van der Waals surface area contributed by atoms with Gasteiger partial charge in [-0.15, -0.1) is 0 Å². The molecule has 0 heterocycles. The van der Waals surface area contributed by atoms with E-state index in [4.69, 9.17) is 0 Å². The third-order valence-corrected chi connectivity index (χ3v) is 5.43. The first-order valence-electron chi connectivity index (χ1n) is 9.29. The van der Waals surface area contributed by atoms with E-state index in [2.05, 4.69) is 51.9 Å². The Kier molecular flexibility index (Phi) is 8.26. The van der Waals surface area contributed by atoms with Crippen LogP contribution in [0.15, 0.2) is 0 Å². The predicted octanol–water partition coefficient (Wildman–Crippen LogP) is 4.55. The van der Waals surface area contributed by atoms with Crippen molar-refractivity contribution >= 4 is 0 Å². The third kappa shape index (κ3) is 6.69. The number of hydrogen-bond donors (Lipinski definition) is 1. The maximum Gasteiger partial charge on any atom is 0.00640 e. The highest BCUT2D eigenvalue weighted by Gasteiger charge is 2.35. The van der Waals surface area contributed by atoms with Crippen molar-refractivity contribution in [2.24, 2.45) is 17.3 Å². The average molecular weight is 297 g/mol. The lowest BCUT2D eigenvalue weighted by Crippen LogP contribution is -2.47. The molecule has 1 aliphatic rings. The highest BCUT2D eigenvalue weighted by molar-refractivity contribution is 4.89. The SMILES string of the molecule is CCCC(C)N(C)CC1(CNCC(C)C)CCC(C)CC1. The van der Waals surface area contributed by atoms with E-state index in [9.17, 15) is 0 Å². The maximum atomic E-state index is 3.76. The molecular formula is C19H40N2. The lowest BCUT2D eigenvalue weighted by Gasteiger charge is -2.43. The molecule has 21 heavy (non-hydrogen) atoms. The van der Waals surface area contributed by atoms with Crippen LogP contribution in [0, 0.1) is 17.3 Å². The van der Waals surface area contributed by atoms with Gasteiger partial charge in [0, 0.05) is 19.1 Å². The van der Waals surface area contributed by atoms with Crippen LogP contribution in [0.5, 0.6) is 0 Å². The summed E-state index contributed by atoms with van der Waals surface area (Å²) >= 11 is 0. The third-order valence-electron chi connectivity index (χ3n) is 5.43. The number of nitrogens with one attached hydrogen (secondary N) is 1. The van der Waals surface area contributed by atoms with Gasteiger partial charge in [-0.25, -0.2) is 0 Å². The molecule has 1 aliphatic carbocycles. The van der Waals surface area contributed by atoms with Crippen LogP contribution in [0.1, 0.15) is 73.1 Å². The Morgan fingerprint density at radius 2 is 1.81 bits per heavy atom. The van der Waals surface area contributed by atoms with Crippen molar-refractivity contribution in [1.29, 1.82) is 0 Å². The molecule has 0 radical (unpaired) electrons. The molecule has 1 N–H and O–H groups in total. The minimum Gasteiger partial charge on any atom is -0.316 e. The van der Waals surface area contributed by atoms with E-state index in [1.165, 1.54) is 51.6 Å². The van der Waals surface area contributed by atoms with Crippen LogP contribution >= 0.6 is 0 Å². The Hall–Kier alpha value is -0.0800. The Bertz CT molecular complexity index is 267. The first kappa shape index (κ1) is 19.0. The molecule has 1 fully saturated rings. The van der Waals surface area contributed by atoms with Gasteiger partial charge >= 0.3 is 0 Å². The van der Waals surface area contributed by atoms with Gasteiger partial charge < -0.3 is 10.2 Å². The van der Waals surface area contributed by atoms with Gasteiger partial charge in [-0.1, -0.05) is 47.0 Å². The van der Waals surface area contributed by atoms with Crippen LogP contribution < -0.4 is 5.32 Å². The second-order valence-corrected chi connectivity index (χ2v) is 8.26. The lowest BCUT2D eigenvalue weighted by molar-refractivity contribution is 0.0793. The van der Waals surface area contributed by atoms with E-state index >= 15 is 0 Å². The first-order valence-corrected chi connectivity index (χ1v) is 9.29. The molecule has 0 spiro atoms. The summed E-state index contributed by atoms with van der Waals surface area (Å²) < 4.78 is 0. The smallest absolute Gasteiger partial charge is 0.00640 e. The molecule has 0 bridgehead atoms. The van der Waals surface area contributed by atoms with Crippen LogP contribution in [0.3, 0.4) is 0 Å². The second kappa shape index (κ2) is 9.15. The summed E-state index contributed by atoms with van der Waals surface area (Å²) in [6, 6.07) is 0.719. The van der Waals surface area contributed by atoms with Crippen molar-refractivity contribution in [3.63, 3.8) is 0 Å². The second-order valence-electron chi connectivity index (χ2n) is 8.26. The molecule has 0 amide bonds. The number of hydrogen-bond acceptors (Lipinski definition) is 2. The summed E-state index contributed by atoms with van der Waals surface area (Å²) in [7, 11) is 2.34. The van der Waals surface area contributed by atoms with Gasteiger partial charge in [-0.3, -0.25) is 0 Å². The van der Waals surface area contributed by atoms with Crippen molar-refractivity contribution in [3.05, 3.63) is 0 Å². The van der Waals surface area contributed by atoms with Crippen LogP contribution in [0.2, 0.25) is 0 Å². The van der Waals surface area contributed by atoms with Crippen LogP contribution in [0.4, 0.5) is 0 Å². The highest BCUT2D eigenvalue weighted by Crippen LogP contribution is 2.39. The molecule has 0 aromatic heterocycles. The van der Waals surface area contributed by atoms with E-state index in [0.29, 0.717) is 5.41 Å². The molecule has 0 saturated heterocycles. The molecule has 1 saturated carbocycles. The summed E-state index contributed by atoms with van der Waals surface area (Å²) in [6.45, 7) is 15.4. The van der Waals surface area contributed by atoms with Gasteiger partial charge in [0.25, 0.3) is 0 Å². The first-order chi connectivity index (χ1) is 9.88. The summed E-state index contributed by atoms with van der Waals surface area (Å²) in [5.41, 5.74) is 0.512. The van der Waals surface area contributed by atoms with Crippen molar-refractivity contribution in [2.45, 2.75) is 79.2 Å².